The number of hydrogen-bond acceptors (Lipinski definition) is 9. The van der Waals surface area contributed by atoms with Crippen LogP contribution < -0.4 is 0 Å². The molecule has 2 aromatic heterocycles. The SMILES string of the molecule is Cn1c([N+](=O)[O-])cnc1-c1nc(SCCN2CCN(CCO)CC2)c2ccccc2n1. The number of nitro groups is 1. The van der Waals surface area contributed by atoms with E-state index in [0.29, 0.717) is 11.6 Å². The van der Waals surface area contributed by atoms with Crippen LogP contribution in [0.15, 0.2) is 35.5 Å². The molecule has 11 heteroatoms. The maximum atomic E-state index is 11.2. The molecule has 1 N–H and O–H groups in total. The van der Waals surface area contributed by atoms with E-state index in [-0.39, 0.29) is 12.4 Å². The second-order valence-corrected chi connectivity index (χ2v) is 8.46. The summed E-state index contributed by atoms with van der Waals surface area (Å²) in [5.41, 5.74) is 0.790. The van der Waals surface area contributed by atoms with Gasteiger partial charge in [0.2, 0.25) is 5.82 Å². The Morgan fingerprint density at radius 2 is 1.84 bits per heavy atom. The highest BCUT2D eigenvalue weighted by Gasteiger charge is 2.22. The molecule has 164 valence electrons. The first-order valence-corrected chi connectivity index (χ1v) is 11.2. The van der Waals surface area contributed by atoms with Crippen LogP contribution in [-0.4, -0.2) is 91.0 Å². The number of aromatic nitrogens is 4. The molecule has 0 aliphatic carbocycles. The van der Waals surface area contributed by atoms with Gasteiger partial charge in [0.05, 0.1) is 19.2 Å². The van der Waals surface area contributed by atoms with Crippen molar-refractivity contribution in [3.63, 3.8) is 0 Å². The average molecular weight is 444 g/mol. The lowest BCUT2D eigenvalue weighted by atomic mass is 10.2. The molecule has 0 spiro atoms. The topological polar surface area (TPSA) is 113 Å². The lowest BCUT2D eigenvalue weighted by molar-refractivity contribution is -0.391. The van der Waals surface area contributed by atoms with Gasteiger partial charge in [-0.25, -0.2) is 19.5 Å². The minimum atomic E-state index is -0.465. The second kappa shape index (κ2) is 9.69. The summed E-state index contributed by atoms with van der Waals surface area (Å²) in [7, 11) is 1.60. The third kappa shape index (κ3) is 4.85. The Balaban J connectivity index is 1.50. The predicted molar refractivity (Wildman–Crippen MR) is 119 cm³/mol. The van der Waals surface area contributed by atoms with Gasteiger partial charge in [-0.2, -0.15) is 0 Å². The van der Waals surface area contributed by atoms with E-state index in [1.165, 1.54) is 10.8 Å². The Morgan fingerprint density at radius 3 is 2.52 bits per heavy atom. The normalized spacial score (nSPS) is 15.5. The Labute approximate surface area is 184 Å². The van der Waals surface area contributed by atoms with Crippen molar-refractivity contribution in [1.82, 2.24) is 29.3 Å². The highest BCUT2D eigenvalue weighted by Crippen LogP contribution is 2.29. The molecule has 3 aromatic rings. The number of thioether (sulfide) groups is 1. The van der Waals surface area contributed by atoms with Gasteiger partial charge >= 0.3 is 5.82 Å². The fraction of sp³-hybridized carbons (Fsp3) is 0.450. The van der Waals surface area contributed by atoms with Crippen LogP contribution >= 0.6 is 11.8 Å². The lowest BCUT2D eigenvalue weighted by Gasteiger charge is -2.34. The van der Waals surface area contributed by atoms with Crippen molar-refractivity contribution in [2.24, 2.45) is 7.05 Å². The molecule has 0 radical (unpaired) electrons. The summed E-state index contributed by atoms with van der Waals surface area (Å²) in [5, 5.41) is 22.1. The zero-order valence-electron chi connectivity index (χ0n) is 17.3. The molecular weight excluding hydrogens is 418 g/mol. The van der Waals surface area contributed by atoms with Gasteiger partial charge in [-0.1, -0.05) is 18.2 Å². The largest absolute Gasteiger partial charge is 0.395 e. The monoisotopic (exact) mass is 443 g/mol. The lowest BCUT2D eigenvalue weighted by Crippen LogP contribution is -2.47. The molecule has 3 heterocycles. The number of rotatable bonds is 8. The summed E-state index contributed by atoms with van der Waals surface area (Å²) in [6.07, 6.45) is 1.23. The van der Waals surface area contributed by atoms with Crippen LogP contribution in [0.5, 0.6) is 0 Å². The smallest absolute Gasteiger partial charge is 0.343 e. The van der Waals surface area contributed by atoms with E-state index in [2.05, 4.69) is 19.8 Å². The van der Waals surface area contributed by atoms with Crippen LogP contribution in [0.4, 0.5) is 5.82 Å². The number of imidazole rings is 1. The first-order chi connectivity index (χ1) is 15.1. The minimum absolute atomic E-state index is 0.0960. The van der Waals surface area contributed by atoms with Crippen LogP contribution in [0.25, 0.3) is 22.6 Å². The quantitative estimate of drug-likeness (QED) is 0.240. The van der Waals surface area contributed by atoms with E-state index in [9.17, 15) is 10.1 Å². The second-order valence-electron chi connectivity index (χ2n) is 7.38. The molecule has 4 rings (SSSR count). The van der Waals surface area contributed by atoms with Gasteiger partial charge in [-0.05, 0) is 11.0 Å². The average Bonchev–Trinajstić information content (AvgIpc) is 3.16. The standard InChI is InChI=1S/C20H25N7O3S/c1-24-17(27(29)30)14-21-19(24)18-22-16-5-3-2-4-15(16)20(23-18)31-13-11-26-8-6-25(7-9-26)10-12-28/h2-5,14,28H,6-13H2,1H3. The molecule has 10 nitrogen and oxygen atoms in total. The van der Waals surface area contributed by atoms with Crippen LogP contribution in [0, 0.1) is 10.1 Å². The summed E-state index contributed by atoms with van der Waals surface area (Å²) in [4.78, 5) is 28.9. The summed E-state index contributed by atoms with van der Waals surface area (Å²) in [6.45, 7) is 5.83. The molecule has 31 heavy (non-hydrogen) atoms. The van der Waals surface area contributed by atoms with Crippen LogP contribution in [0.2, 0.25) is 0 Å². The number of benzene rings is 1. The predicted octanol–water partition coefficient (Wildman–Crippen LogP) is 1.64. The number of piperazine rings is 1. The van der Waals surface area contributed by atoms with Crippen molar-refractivity contribution in [1.29, 1.82) is 0 Å². The molecule has 1 aliphatic heterocycles. The van der Waals surface area contributed by atoms with Gasteiger partial charge in [0.1, 0.15) is 11.2 Å². The van der Waals surface area contributed by atoms with Crippen molar-refractivity contribution in [3.05, 3.63) is 40.6 Å². The van der Waals surface area contributed by atoms with Crippen LogP contribution in [0.1, 0.15) is 0 Å². The molecule has 1 aromatic carbocycles. The summed E-state index contributed by atoms with van der Waals surface area (Å²) >= 11 is 1.67. The van der Waals surface area contributed by atoms with Crippen molar-refractivity contribution in [3.8, 4) is 11.6 Å². The fourth-order valence-corrected chi connectivity index (χ4v) is 4.71. The van der Waals surface area contributed by atoms with E-state index in [1.807, 2.05) is 24.3 Å². The number of hydrogen-bond donors (Lipinski definition) is 1. The van der Waals surface area contributed by atoms with E-state index in [0.717, 1.165) is 61.0 Å². The van der Waals surface area contributed by atoms with E-state index >= 15 is 0 Å². The molecule has 0 saturated carbocycles. The molecule has 1 fully saturated rings. The number of para-hydroxylation sites is 1. The zero-order chi connectivity index (χ0) is 21.8. The Hall–Kier alpha value is -2.60. The Kier molecular flexibility index (Phi) is 6.76. The van der Waals surface area contributed by atoms with Crippen molar-refractivity contribution in [2.45, 2.75) is 5.03 Å². The highest BCUT2D eigenvalue weighted by atomic mass is 32.2. The molecule has 0 unspecified atom stereocenters. The molecule has 1 saturated heterocycles. The number of aliphatic hydroxyl groups excluding tert-OH is 1. The van der Waals surface area contributed by atoms with Gasteiger partial charge in [0, 0.05) is 50.4 Å². The maximum Gasteiger partial charge on any atom is 0.343 e. The van der Waals surface area contributed by atoms with Crippen LogP contribution in [-0.2, 0) is 7.05 Å². The molecule has 0 amide bonds. The Morgan fingerprint density at radius 1 is 1.13 bits per heavy atom. The summed E-state index contributed by atoms with van der Waals surface area (Å²) in [6, 6.07) is 7.79. The number of β-amino-alcohol motifs (C(OH)–C–C–N with tert-alkyl or cyclic N) is 1. The fourth-order valence-electron chi connectivity index (χ4n) is 3.68. The number of nitrogens with zero attached hydrogens (tertiary/aromatic N) is 7. The van der Waals surface area contributed by atoms with Gasteiger partial charge in [-0.15, -0.1) is 11.8 Å². The minimum Gasteiger partial charge on any atom is -0.395 e. The third-order valence-electron chi connectivity index (χ3n) is 5.45. The van der Waals surface area contributed by atoms with Crippen molar-refractivity contribution >= 4 is 28.5 Å². The highest BCUT2D eigenvalue weighted by molar-refractivity contribution is 7.99. The van der Waals surface area contributed by atoms with E-state index in [1.54, 1.807) is 18.8 Å². The van der Waals surface area contributed by atoms with Gasteiger partial charge in [0.15, 0.2) is 0 Å². The maximum absolute atomic E-state index is 11.2. The number of aliphatic hydroxyl groups is 1. The molecule has 0 bridgehead atoms. The number of fused-ring (bicyclic) bond motifs is 1. The molecular formula is C20H25N7O3S. The summed E-state index contributed by atoms with van der Waals surface area (Å²) in [5.74, 6) is 1.54. The molecule has 0 atom stereocenters. The van der Waals surface area contributed by atoms with Crippen molar-refractivity contribution in [2.75, 3.05) is 51.6 Å². The third-order valence-corrected chi connectivity index (χ3v) is 6.42. The first kappa shape index (κ1) is 21.6. The van der Waals surface area contributed by atoms with Gasteiger partial charge < -0.3 is 15.2 Å². The van der Waals surface area contributed by atoms with Crippen molar-refractivity contribution < 1.29 is 10.0 Å². The van der Waals surface area contributed by atoms with Gasteiger partial charge in [-0.3, -0.25) is 9.80 Å². The zero-order valence-corrected chi connectivity index (χ0v) is 18.2. The Bertz CT molecular complexity index is 1070. The van der Waals surface area contributed by atoms with E-state index < -0.39 is 4.92 Å². The van der Waals surface area contributed by atoms with E-state index in [4.69, 9.17) is 10.1 Å². The van der Waals surface area contributed by atoms with Gasteiger partial charge in [0.25, 0.3) is 5.82 Å². The molecule has 1 aliphatic rings. The first-order valence-electron chi connectivity index (χ1n) is 10.2. The van der Waals surface area contributed by atoms with Crippen LogP contribution in [0.3, 0.4) is 0 Å². The summed E-state index contributed by atoms with van der Waals surface area (Å²) < 4.78 is 1.41.